The maximum absolute atomic E-state index is 14.6. The van der Waals surface area contributed by atoms with Crippen molar-refractivity contribution >= 4 is 16.9 Å². The van der Waals surface area contributed by atoms with E-state index < -0.39 is 11.4 Å². The molecule has 31 heavy (non-hydrogen) atoms. The summed E-state index contributed by atoms with van der Waals surface area (Å²) in [6, 6.07) is 1.81. The number of ether oxygens (including phenoxy) is 1. The van der Waals surface area contributed by atoms with E-state index in [0.29, 0.717) is 17.8 Å². The molecule has 2 unspecified atom stereocenters. The predicted molar refractivity (Wildman–Crippen MR) is 114 cm³/mol. The largest absolute Gasteiger partial charge is 0.378 e. The molecule has 2 atom stereocenters. The Morgan fingerprint density at radius 1 is 1.32 bits per heavy atom. The van der Waals surface area contributed by atoms with Gasteiger partial charge in [0.1, 0.15) is 17.0 Å². The fourth-order valence-corrected chi connectivity index (χ4v) is 4.11. The Balaban J connectivity index is 1.61. The van der Waals surface area contributed by atoms with Crippen molar-refractivity contribution in [2.75, 3.05) is 12.3 Å². The highest BCUT2D eigenvalue weighted by molar-refractivity contribution is 5.95. The molecule has 1 aliphatic heterocycles. The normalized spacial score (nSPS) is 20.4. The van der Waals surface area contributed by atoms with Crippen LogP contribution in [-0.4, -0.2) is 42.9 Å². The van der Waals surface area contributed by atoms with Gasteiger partial charge in [-0.15, -0.1) is 0 Å². The Morgan fingerprint density at radius 3 is 2.90 bits per heavy atom. The molecule has 0 radical (unpaired) electrons. The van der Waals surface area contributed by atoms with Crippen molar-refractivity contribution < 1.29 is 14.2 Å². The Kier molecular flexibility index (Phi) is 4.88. The van der Waals surface area contributed by atoms with Crippen LogP contribution in [-0.2, 0) is 11.3 Å². The predicted octanol–water partition coefficient (Wildman–Crippen LogP) is 2.91. The minimum absolute atomic E-state index is 0.00554. The number of halogens is 1. The molecule has 0 bridgehead atoms. The number of aromatic nitrogens is 4. The summed E-state index contributed by atoms with van der Waals surface area (Å²) in [5.74, 6) is 5.60. The molecular formula is C23H24FN5O2. The number of anilines is 1. The van der Waals surface area contributed by atoms with Crippen molar-refractivity contribution in [1.82, 2.24) is 19.5 Å². The summed E-state index contributed by atoms with van der Waals surface area (Å²) in [7, 11) is 0. The molecule has 1 saturated heterocycles. The SMILES string of the molecule is CC(O)(C#Cc1cc2c(-c3nc(N)ncc3F)cn(CC3CCCO3)c2cn1)C1CC1. The maximum atomic E-state index is 14.6. The number of fused-ring (bicyclic) bond motifs is 1. The summed E-state index contributed by atoms with van der Waals surface area (Å²) >= 11 is 0. The maximum Gasteiger partial charge on any atom is 0.220 e. The van der Waals surface area contributed by atoms with Crippen molar-refractivity contribution in [1.29, 1.82) is 0 Å². The summed E-state index contributed by atoms with van der Waals surface area (Å²) in [5, 5.41) is 11.3. The Bertz CT molecular complexity index is 1200. The van der Waals surface area contributed by atoms with Crippen molar-refractivity contribution in [3.05, 3.63) is 36.2 Å². The fourth-order valence-electron chi connectivity index (χ4n) is 4.11. The molecule has 2 aliphatic rings. The topological polar surface area (TPSA) is 99.1 Å². The Hall–Kier alpha value is -3.02. The summed E-state index contributed by atoms with van der Waals surface area (Å²) in [4.78, 5) is 12.3. The Morgan fingerprint density at radius 2 is 2.16 bits per heavy atom. The van der Waals surface area contributed by atoms with Gasteiger partial charge in [0, 0.05) is 30.3 Å². The average Bonchev–Trinajstić information content (AvgIpc) is 3.40. The lowest BCUT2D eigenvalue weighted by molar-refractivity contribution is 0.0977. The molecule has 1 aliphatic carbocycles. The molecule has 7 nitrogen and oxygen atoms in total. The third-order valence-corrected chi connectivity index (χ3v) is 6.03. The lowest BCUT2D eigenvalue weighted by Gasteiger charge is -2.14. The molecule has 0 aromatic carbocycles. The Labute approximate surface area is 179 Å². The number of aliphatic hydroxyl groups is 1. The van der Waals surface area contributed by atoms with Gasteiger partial charge in [-0.05, 0) is 50.5 Å². The number of hydrogen-bond donors (Lipinski definition) is 2. The monoisotopic (exact) mass is 421 g/mol. The molecule has 4 heterocycles. The molecule has 3 aromatic heterocycles. The molecule has 3 N–H and O–H groups in total. The van der Waals surface area contributed by atoms with E-state index in [1.54, 1.807) is 13.1 Å². The van der Waals surface area contributed by atoms with E-state index in [2.05, 4.69) is 26.8 Å². The molecule has 2 fully saturated rings. The molecule has 0 amide bonds. The smallest absolute Gasteiger partial charge is 0.220 e. The molecule has 160 valence electrons. The van der Waals surface area contributed by atoms with E-state index in [-0.39, 0.29) is 23.7 Å². The second kappa shape index (κ2) is 7.59. The van der Waals surface area contributed by atoms with Crippen LogP contribution in [0.1, 0.15) is 38.3 Å². The molecule has 8 heteroatoms. The number of nitrogens with zero attached hydrogens (tertiary/aromatic N) is 4. The first-order valence-electron chi connectivity index (χ1n) is 10.5. The first kappa shape index (κ1) is 19.9. The van der Waals surface area contributed by atoms with E-state index in [0.717, 1.165) is 49.4 Å². The zero-order valence-corrected chi connectivity index (χ0v) is 17.3. The van der Waals surface area contributed by atoms with Crippen LogP contribution in [0.3, 0.4) is 0 Å². The molecule has 3 aromatic rings. The van der Waals surface area contributed by atoms with Gasteiger partial charge in [0.25, 0.3) is 0 Å². The van der Waals surface area contributed by atoms with Gasteiger partial charge in [-0.1, -0.05) is 5.92 Å². The highest BCUT2D eigenvalue weighted by atomic mass is 19.1. The second-order valence-corrected chi connectivity index (χ2v) is 8.51. The third kappa shape index (κ3) is 3.99. The van der Waals surface area contributed by atoms with Crippen LogP contribution in [0.15, 0.2) is 24.7 Å². The number of rotatable bonds is 4. The minimum atomic E-state index is -1.03. The summed E-state index contributed by atoms with van der Waals surface area (Å²) in [6.07, 6.45) is 8.76. The van der Waals surface area contributed by atoms with Gasteiger partial charge in [-0.3, -0.25) is 0 Å². The van der Waals surface area contributed by atoms with Gasteiger partial charge in [-0.25, -0.2) is 19.3 Å². The molecule has 1 saturated carbocycles. The third-order valence-electron chi connectivity index (χ3n) is 6.03. The van der Waals surface area contributed by atoms with E-state index in [1.807, 2.05) is 16.8 Å². The summed E-state index contributed by atoms with van der Waals surface area (Å²) in [5.41, 5.74) is 6.78. The molecule has 0 spiro atoms. The van der Waals surface area contributed by atoms with E-state index >= 15 is 0 Å². The van der Waals surface area contributed by atoms with Gasteiger partial charge >= 0.3 is 0 Å². The van der Waals surface area contributed by atoms with Gasteiger partial charge in [0.15, 0.2) is 5.82 Å². The summed E-state index contributed by atoms with van der Waals surface area (Å²) < 4.78 is 22.4. The van der Waals surface area contributed by atoms with E-state index in [4.69, 9.17) is 10.5 Å². The van der Waals surface area contributed by atoms with Crippen LogP contribution >= 0.6 is 0 Å². The first-order valence-corrected chi connectivity index (χ1v) is 10.5. The minimum Gasteiger partial charge on any atom is -0.378 e. The average molecular weight is 421 g/mol. The van der Waals surface area contributed by atoms with Crippen LogP contribution in [0.5, 0.6) is 0 Å². The number of nitrogen functional groups attached to an aromatic ring is 1. The quantitative estimate of drug-likeness (QED) is 0.629. The highest BCUT2D eigenvalue weighted by Gasteiger charge is 2.38. The molecule has 5 rings (SSSR count). The van der Waals surface area contributed by atoms with Gasteiger partial charge in [0.2, 0.25) is 5.95 Å². The highest BCUT2D eigenvalue weighted by Crippen LogP contribution is 2.39. The number of nitrogens with two attached hydrogens (primary N) is 1. The zero-order chi connectivity index (χ0) is 21.6. The van der Waals surface area contributed by atoms with Crippen LogP contribution in [0.25, 0.3) is 22.2 Å². The van der Waals surface area contributed by atoms with Crippen LogP contribution in [0, 0.1) is 23.6 Å². The van der Waals surface area contributed by atoms with Gasteiger partial charge in [0.05, 0.1) is 24.0 Å². The fraction of sp³-hybridized carbons (Fsp3) is 0.435. The summed E-state index contributed by atoms with van der Waals surface area (Å²) in [6.45, 7) is 3.13. The van der Waals surface area contributed by atoms with Crippen molar-refractivity contribution in [2.24, 2.45) is 5.92 Å². The zero-order valence-electron chi connectivity index (χ0n) is 17.3. The van der Waals surface area contributed by atoms with Gasteiger partial charge < -0.3 is 20.1 Å². The second-order valence-electron chi connectivity index (χ2n) is 8.51. The van der Waals surface area contributed by atoms with Crippen LogP contribution in [0.2, 0.25) is 0 Å². The number of pyridine rings is 1. The van der Waals surface area contributed by atoms with Crippen LogP contribution in [0.4, 0.5) is 10.3 Å². The molecular weight excluding hydrogens is 397 g/mol. The lowest BCUT2D eigenvalue weighted by Crippen LogP contribution is -2.24. The van der Waals surface area contributed by atoms with Gasteiger partial charge in [-0.2, -0.15) is 0 Å². The number of hydrogen-bond acceptors (Lipinski definition) is 6. The van der Waals surface area contributed by atoms with E-state index in [9.17, 15) is 9.50 Å². The van der Waals surface area contributed by atoms with Crippen LogP contribution < -0.4 is 5.73 Å². The van der Waals surface area contributed by atoms with E-state index in [1.165, 1.54) is 0 Å². The van der Waals surface area contributed by atoms with Crippen molar-refractivity contribution in [2.45, 2.75) is 50.9 Å². The standard InChI is InChI=1S/C23H24FN5O2/c1-23(30,14-4-5-14)7-6-15-9-17-18(21-19(24)10-27-22(25)28-21)13-29(20(17)11-26-15)12-16-3-2-8-31-16/h9-11,13-14,16,30H,2-5,8,12H2,1H3,(H2,25,27,28). The first-order chi connectivity index (χ1) is 14.9. The lowest BCUT2D eigenvalue weighted by atomic mass is 10.0. The van der Waals surface area contributed by atoms with Crippen molar-refractivity contribution in [3.63, 3.8) is 0 Å². The van der Waals surface area contributed by atoms with Crippen molar-refractivity contribution in [3.8, 4) is 23.1 Å².